The van der Waals surface area contributed by atoms with Crippen LogP contribution in [-0.2, 0) is 6.54 Å². The first-order valence-electron chi connectivity index (χ1n) is 9.25. The van der Waals surface area contributed by atoms with Crippen molar-refractivity contribution in [3.8, 4) is 5.75 Å². The van der Waals surface area contributed by atoms with E-state index in [4.69, 9.17) is 16.3 Å². The Kier molecular flexibility index (Phi) is 6.39. The summed E-state index contributed by atoms with van der Waals surface area (Å²) in [5.74, 6) is 0.665. The van der Waals surface area contributed by atoms with Gasteiger partial charge in [-0.05, 0) is 61.7 Å². The van der Waals surface area contributed by atoms with Gasteiger partial charge in [-0.2, -0.15) is 0 Å². The van der Waals surface area contributed by atoms with Crippen molar-refractivity contribution in [3.63, 3.8) is 0 Å². The van der Waals surface area contributed by atoms with Crippen LogP contribution in [0.15, 0.2) is 41.2 Å². The molecule has 0 aliphatic heterocycles. The van der Waals surface area contributed by atoms with Gasteiger partial charge in [0.1, 0.15) is 18.5 Å². The highest BCUT2D eigenvalue weighted by molar-refractivity contribution is 6.31. The van der Waals surface area contributed by atoms with Crippen LogP contribution in [0.5, 0.6) is 5.75 Å². The highest BCUT2D eigenvalue weighted by atomic mass is 35.5. The number of fused-ring (bicyclic) bond motifs is 1. The average molecular weight is 401 g/mol. The molecule has 0 saturated heterocycles. The average Bonchev–Trinajstić information content (AvgIpc) is 2.66. The van der Waals surface area contributed by atoms with E-state index in [1.165, 1.54) is 0 Å². The van der Waals surface area contributed by atoms with Crippen molar-refractivity contribution in [2.75, 3.05) is 13.2 Å². The maximum absolute atomic E-state index is 12.3. The normalized spacial score (nSPS) is 12.3. The van der Waals surface area contributed by atoms with Gasteiger partial charge in [-0.1, -0.05) is 23.7 Å². The fraction of sp³-hybridized carbons (Fsp3) is 0.318. The predicted molar refractivity (Wildman–Crippen MR) is 113 cm³/mol. The topological polar surface area (TPSA) is 74.3 Å². The lowest BCUT2D eigenvalue weighted by Gasteiger charge is -2.14. The molecule has 0 aliphatic rings. The summed E-state index contributed by atoms with van der Waals surface area (Å²) in [6.45, 7) is 6.75. The molecule has 148 valence electrons. The summed E-state index contributed by atoms with van der Waals surface area (Å²) in [4.78, 5) is 15.3. The second-order valence-electron chi connectivity index (χ2n) is 7.12. The number of aromatic nitrogens is 1. The van der Waals surface area contributed by atoms with Gasteiger partial charge in [0, 0.05) is 29.1 Å². The number of aromatic amines is 1. The zero-order valence-corrected chi connectivity index (χ0v) is 17.1. The zero-order chi connectivity index (χ0) is 20.3. The highest BCUT2D eigenvalue weighted by Gasteiger charge is 2.09. The first kappa shape index (κ1) is 20.4. The third-order valence-electron chi connectivity index (χ3n) is 4.79. The van der Waals surface area contributed by atoms with E-state index in [0.29, 0.717) is 29.4 Å². The van der Waals surface area contributed by atoms with E-state index in [1.54, 1.807) is 12.1 Å². The van der Waals surface area contributed by atoms with Crippen molar-refractivity contribution in [1.82, 2.24) is 10.3 Å². The molecule has 0 unspecified atom stereocenters. The number of hydrogen-bond acceptors (Lipinski definition) is 4. The molecular weight excluding hydrogens is 376 g/mol. The third kappa shape index (κ3) is 4.73. The Morgan fingerprint density at radius 3 is 2.61 bits per heavy atom. The van der Waals surface area contributed by atoms with Crippen LogP contribution in [0.4, 0.5) is 0 Å². The van der Waals surface area contributed by atoms with Gasteiger partial charge in [-0.3, -0.25) is 4.79 Å². The first-order chi connectivity index (χ1) is 13.3. The van der Waals surface area contributed by atoms with E-state index in [-0.39, 0.29) is 12.2 Å². The Morgan fingerprint density at radius 2 is 1.86 bits per heavy atom. The highest BCUT2D eigenvalue weighted by Crippen LogP contribution is 2.21. The number of nitrogens with one attached hydrogen (secondary N) is 2. The van der Waals surface area contributed by atoms with E-state index in [0.717, 1.165) is 27.6 Å². The number of halogens is 1. The number of rotatable bonds is 7. The van der Waals surface area contributed by atoms with Gasteiger partial charge in [0.05, 0.1) is 5.52 Å². The summed E-state index contributed by atoms with van der Waals surface area (Å²) in [6, 6.07) is 11.3. The Balaban J connectivity index is 1.57. The van der Waals surface area contributed by atoms with E-state index >= 15 is 0 Å². The summed E-state index contributed by atoms with van der Waals surface area (Å²) < 4.78 is 5.60. The number of H-pyrrole nitrogens is 1. The molecule has 1 heterocycles. The van der Waals surface area contributed by atoms with Crippen LogP contribution >= 0.6 is 11.6 Å². The van der Waals surface area contributed by atoms with Crippen LogP contribution in [0.25, 0.3) is 10.9 Å². The molecule has 0 spiro atoms. The summed E-state index contributed by atoms with van der Waals surface area (Å²) >= 11 is 5.99. The summed E-state index contributed by atoms with van der Waals surface area (Å²) in [7, 11) is 0. The molecule has 0 amide bonds. The molecule has 1 atom stereocenters. The second-order valence-corrected chi connectivity index (χ2v) is 7.53. The molecule has 0 radical (unpaired) electrons. The van der Waals surface area contributed by atoms with Gasteiger partial charge in [-0.25, -0.2) is 0 Å². The van der Waals surface area contributed by atoms with Crippen molar-refractivity contribution in [3.05, 3.63) is 74.0 Å². The number of aryl methyl sites for hydroxylation is 3. The number of pyridine rings is 1. The molecule has 3 aromatic rings. The van der Waals surface area contributed by atoms with Gasteiger partial charge < -0.3 is 20.1 Å². The largest absolute Gasteiger partial charge is 0.491 e. The molecule has 0 fully saturated rings. The van der Waals surface area contributed by atoms with Crippen molar-refractivity contribution >= 4 is 22.5 Å². The minimum Gasteiger partial charge on any atom is -0.491 e. The summed E-state index contributed by atoms with van der Waals surface area (Å²) in [5.41, 5.74) is 4.49. The van der Waals surface area contributed by atoms with Gasteiger partial charge in [-0.15, -0.1) is 0 Å². The molecule has 3 N–H and O–H groups in total. The van der Waals surface area contributed by atoms with Gasteiger partial charge in [0.2, 0.25) is 0 Å². The molecule has 3 rings (SSSR count). The van der Waals surface area contributed by atoms with Crippen molar-refractivity contribution < 1.29 is 9.84 Å². The zero-order valence-electron chi connectivity index (χ0n) is 16.3. The lowest BCUT2D eigenvalue weighted by atomic mass is 10.0. The third-order valence-corrected chi connectivity index (χ3v) is 5.21. The van der Waals surface area contributed by atoms with Crippen molar-refractivity contribution in [2.45, 2.75) is 33.4 Å². The predicted octanol–water partition coefficient (Wildman–Crippen LogP) is 3.64. The summed E-state index contributed by atoms with van der Waals surface area (Å²) in [6.07, 6.45) is -0.695. The van der Waals surface area contributed by atoms with Gasteiger partial charge >= 0.3 is 0 Å². The maximum atomic E-state index is 12.3. The van der Waals surface area contributed by atoms with Crippen LogP contribution in [0, 0.1) is 20.8 Å². The minimum absolute atomic E-state index is 0.115. The monoisotopic (exact) mass is 400 g/mol. The van der Waals surface area contributed by atoms with Crippen LogP contribution in [0.3, 0.4) is 0 Å². The Hall–Kier alpha value is -2.34. The standard InChI is InChI=1S/C22H25ClN2O3/c1-13-4-5-14(2)21-19(13)9-16(22(27)25-21)10-24-11-17(26)12-28-18-6-7-20(23)15(3)8-18/h4-9,17,24,26H,10-12H2,1-3H3,(H,25,27)/t17-/m0/s1. The van der Waals surface area contributed by atoms with Crippen LogP contribution < -0.4 is 15.6 Å². The summed E-state index contributed by atoms with van der Waals surface area (Å²) in [5, 5.41) is 15.0. The van der Waals surface area contributed by atoms with Gasteiger partial charge in [0.15, 0.2) is 0 Å². The fourth-order valence-electron chi connectivity index (χ4n) is 3.08. The molecule has 5 nitrogen and oxygen atoms in total. The SMILES string of the molecule is Cc1cc(OC[C@@H](O)CNCc2cc3c(C)ccc(C)c3[nH]c2=O)ccc1Cl. The molecule has 6 heteroatoms. The molecular formula is C22H25ClN2O3. The number of hydrogen-bond donors (Lipinski definition) is 3. The molecule has 2 aromatic carbocycles. The number of aliphatic hydroxyl groups excluding tert-OH is 1. The van der Waals surface area contributed by atoms with Crippen molar-refractivity contribution in [2.24, 2.45) is 0 Å². The quantitative estimate of drug-likeness (QED) is 0.566. The Bertz CT molecular complexity index is 1050. The second kappa shape index (κ2) is 8.78. The fourth-order valence-corrected chi connectivity index (χ4v) is 3.20. The first-order valence-corrected chi connectivity index (χ1v) is 9.63. The van der Waals surface area contributed by atoms with Crippen LogP contribution in [0.2, 0.25) is 5.02 Å². The minimum atomic E-state index is -0.695. The molecule has 0 aliphatic carbocycles. The van der Waals surface area contributed by atoms with E-state index in [2.05, 4.69) is 10.3 Å². The van der Waals surface area contributed by atoms with Crippen molar-refractivity contribution in [1.29, 1.82) is 0 Å². The van der Waals surface area contributed by atoms with E-state index in [9.17, 15) is 9.90 Å². The van der Waals surface area contributed by atoms with E-state index < -0.39 is 6.10 Å². The lowest BCUT2D eigenvalue weighted by molar-refractivity contribution is 0.106. The number of ether oxygens (including phenoxy) is 1. The lowest BCUT2D eigenvalue weighted by Crippen LogP contribution is -2.32. The smallest absolute Gasteiger partial charge is 0.252 e. The molecule has 28 heavy (non-hydrogen) atoms. The Morgan fingerprint density at radius 1 is 1.11 bits per heavy atom. The number of benzene rings is 2. The van der Waals surface area contributed by atoms with Crippen LogP contribution in [0.1, 0.15) is 22.3 Å². The van der Waals surface area contributed by atoms with E-state index in [1.807, 2.05) is 45.0 Å². The molecule has 0 bridgehead atoms. The van der Waals surface area contributed by atoms with Crippen LogP contribution in [-0.4, -0.2) is 29.3 Å². The van der Waals surface area contributed by atoms with Gasteiger partial charge in [0.25, 0.3) is 5.56 Å². The Labute approximate surface area is 169 Å². The molecule has 1 aromatic heterocycles. The maximum Gasteiger partial charge on any atom is 0.252 e. The number of aliphatic hydroxyl groups is 1. The molecule has 0 saturated carbocycles.